The number of phenolic OH excluding ortho intramolecular Hbond substituents is 1. The molecule has 0 unspecified atom stereocenters. The fourth-order valence-electron chi connectivity index (χ4n) is 1.11. The van der Waals surface area contributed by atoms with Crippen LogP contribution in [0.3, 0.4) is 0 Å². The summed E-state index contributed by atoms with van der Waals surface area (Å²) in [6.07, 6.45) is 0. The molecule has 1 rings (SSSR count). The first-order valence-electron chi connectivity index (χ1n) is 3.80. The van der Waals surface area contributed by atoms with Crippen molar-refractivity contribution in [3.63, 3.8) is 0 Å². The number of hydrogen-bond acceptors (Lipinski definition) is 1. The van der Waals surface area contributed by atoms with Crippen LogP contribution in [0.5, 0.6) is 5.75 Å². The van der Waals surface area contributed by atoms with E-state index in [4.69, 9.17) is 0 Å². The number of rotatable bonds is 0. The van der Waals surface area contributed by atoms with E-state index in [2.05, 4.69) is 20.8 Å². The van der Waals surface area contributed by atoms with Crippen LogP contribution in [0.1, 0.15) is 29.2 Å². The minimum absolute atomic E-state index is 0. The van der Waals surface area contributed by atoms with E-state index >= 15 is 0 Å². The largest absolute Gasteiger partial charge is 2.00 e. The van der Waals surface area contributed by atoms with Crippen LogP contribution in [0.4, 0.5) is 0 Å². The summed E-state index contributed by atoms with van der Waals surface area (Å²) in [6.45, 7) is 6.26. The van der Waals surface area contributed by atoms with Gasteiger partial charge in [0.05, 0.1) is 0 Å². The average Bonchev–Trinajstić information content (AvgIpc) is 1.86. The van der Waals surface area contributed by atoms with Gasteiger partial charge < -0.3 is 7.96 Å². The predicted octanol–water partition coefficient (Wildman–Crippen LogP) is 2.53. The molecule has 0 radical (unpaired) electrons. The van der Waals surface area contributed by atoms with Crippen LogP contribution in [0.15, 0.2) is 24.3 Å². The zero-order valence-corrected chi connectivity index (χ0v) is 10.2. The van der Waals surface area contributed by atoms with Crippen molar-refractivity contribution < 1.29 is 7.96 Å². The van der Waals surface area contributed by atoms with E-state index in [1.165, 1.54) is 0 Å². The van der Waals surface area contributed by atoms with Gasteiger partial charge in [-0.2, -0.15) is 0 Å². The Morgan fingerprint density at radius 1 is 1.17 bits per heavy atom. The Bertz CT molecular complexity index is 259. The fourth-order valence-corrected chi connectivity index (χ4v) is 1.11. The molecule has 0 saturated carbocycles. The second kappa shape index (κ2) is 4.50. The van der Waals surface area contributed by atoms with E-state index in [0.717, 1.165) is 5.56 Å². The quantitative estimate of drug-likeness (QED) is 0.626. The van der Waals surface area contributed by atoms with Gasteiger partial charge in [0.15, 0.2) is 0 Å². The van der Waals surface area contributed by atoms with Crippen molar-refractivity contribution >= 4 is 37.7 Å². The van der Waals surface area contributed by atoms with Gasteiger partial charge in [-0.25, -0.2) is 0 Å². The van der Waals surface area contributed by atoms with Gasteiger partial charge in [-0.3, -0.25) is 0 Å². The number of aromatic hydroxyl groups is 1. The summed E-state index contributed by atoms with van der Waals surface area (Å²) in [6, 6.07) is 7.46. The molecule has 0 aromatic heterocycles. The molecule has 0 heterocycles. The van der Waals surface area contributed by atoms with E-state index in [1.807, 2.05) is 18.2 Å². The molecule has 64 valence electrons. The summed E-state index contributed by atoms with van der Waals surface area (Å²) in [5.74, 6) is 0.389. The van der Waals surface area contributed by atoms with Crippen molar-refractivity contribution in [3.05, 3.63) is 29.8 Å². The maximum absolute atomic E-state index is 9.45. The molecule has 2 heteroatoms. The molecule has 0 spiro atoms. The van der Waals surface area contributed by atoms with Gasteiger partial charge in [0, 0.05) is 0 Å². The van der Waals surface area contributed by atoms with E-state index in [1.54, 1.807) is 6.07 Å². The monoisotopic (exact) mass is 192 g/mol. The third kappa shape index (κ3) is 2.96. The van der Waals surface area contributed by atoms with Gasteiger partial charge in [-0.1, -0.05) is 39.0 Å². The Labute approximate surface area is 107 Å². The van der Waals surface area contributed by atoms with Crippen molar-refractivity contribution in [1.29, 1.82) is 0 Å². The molecular weight excluding hydrogens is 176 g/mol. The molecular formula is C10H16CaO. The molecule has 0 fully saturated rings. The molecule has 1 aromatic carbocycles. The molecule has 0 amide bonds. The van der Waals surface area contributed by atoms with Crippen molar-refractivity contribution in [2.75, 3.05) is 0 Å². The molecule has 1 nitrogen and oxygen atoms in total. The maximum atomic E-state index is 9.45. The van der Waals surface area contributed by atoms with Crippen molar-refractivity contribution in [2.24, 2.45) is 0 Å². The zero-order valence-electron chi connectivity index (χ0n) is 9.96. The second-order valence-corrected chi connectivity index (χ2v) is 3.77. The van der Waals surface area contributed by atoms with Crippen LogP contribution >= 0.6 is 0 Å². The topological polar surface area (TPSA) is 20.2 Å². The van der Waals surface area contributed by atoms with E-state index < -0.39 is 0 Å². The summed E-state index contributed by atoms with van der Waals surface area (Å²) in [5, 5.41) is 9.45. The summed E-state index contributed by atoms with van der Waals surface area (Å²) >= 11 is 0. The molecule has 0 bridgehead atoms. The smallest absolute Gasteiger partial charge is 1.00 e. The third-order valence-electron chi connectivity index (χ3n) is 1.71. The van der Waals surface area contributed by atoms with Gasteiger partial charge in [0.1, 0.15) is 5.75 Å². The van der Waals surface area contributed by atoms with Gasteiger partial charge >= 0.3 is 37.7 Å². The van der Waals surface area contributed by atoms with E-state index in [9.17, 15) is 5.11 Å². The third-order valence-corrected chi connectivity index (χ3v) is 1.71. The average molecular weight is 192 g/mol. The van der Waals surface area contributed by atoms with Crippen LogP contribution < -0.4 is 0 Å². The minimum Gasteiger partial charge on any atom is -1.00 e. The van der Waals surface area contributed by atoms with Crippen molar-refractivity contribution in [3.8, 4) is 5.75 Å². The number of hydrogen-bond donors (Lipinski definition) is 1. The summed E-state index contributed by atoms with van der Waals surface area (Å²) < 4.78 is 0. The van der Waals surface area contributed by atoms with E-state index in [-0.39, 0.29) is 46.0 Å². The molecule has 1 aromatic rings. The number of para-hydroxylation sites is 1. The first-order chi connectivity index (χ1) is 5.02. The van der Waals surface area contributed by atoms with Crippen molar-refractivity contribution in [2.45, 2.75) is 26.2 Å². The zero-order chi connectivity index (χ0) is 8.48. The SMILES string of the molecule is CC(C)(C)c1ccccc1O.[Ca+2].[H-].[H-]. The minimum atomic E-state index is 0. The molecule has 0 aliphatic rings. The van der Waals surface area contributed by atoms with Gasteiger partial charge in [-0.05, 0) is 17.0 Å². The molecule has 12 heavy (non-hydrogen) atoms. The Morgan fingerprint density at radius 3 is 2.00 bits per heavy atom. The Balaban J connectivity index is -0.000000403. The fraction of sp³-hybridized carbons (Fsp3) is 0.400. The standard InChI is InChI=1S/C10H14O.Ca.2H/c1-10(2,3)8-6-4-5-7-9(8)11;;;/h4-7,11H,1-3H3;;;/q;+2;2*-1. The molecule has 0 aliphatic carbocycles. The van der Waals surface area contributed by atoms with Crippen LogP contribution in [0, 0.1) is 0 Å². The number of benzene rings is 1. The molecule has 0 aliphatic heterocycles. The van der Waals surface area contributed by atoms with Crippen LogP contribution in [-0.2, 0) is 5.41 Å². The Kier molecular flexibility index (Phi) is 4.60. The molecule has 1 N–H and O–H groups in total. The summed E-state index contributed by atoms with van der Waals surface area (Å²) in [4.78, 5) is 0. The van der Waals surface area contributed by atoms with Gasteiger partial charge in [-0.15, -0.1) is 0 Å². The molecule has 0 atom stereocenters. The van der Waals surface area contributed by atoms with Gasteiger partial charge in [0.25, 0.3) is 0 Å². The Morgan fingerprint density at radius 2 is 1.67 bits per heavy atom. The first kappa shape index (κ1) is 12.3. The van der Waals surface area contributed by atoms with Crippen LogP contribution in [0.25, 0.3) is 0 Å². The second-order valence-electron chi connectivity index (χ2n) is 3.77. The molecule has 0 saturated heterocycles. The first-order valence-corrected chi connectivity index (χ1v) is 3.80. The maximum Gasteiger partial charge on any atom is 2.00 e. The normalized spacial score (nSPS) is 10.6. The van der Waals surface area contributed by atoms with E-state index in [0.29, 0.717) is 5.75 Å². The number of phenols is 1. The Hall–Kier alpha value is 0.280. The summed E-state index contributed by atoms with van der Waals surface area (Å²) in [5.41, 5.74) is 1.03. The van der Waals surface area contributed by atoms with Crippen LogP contribution in [0.2, 0.25) is 0 Å². The van der Waals surface area contributed by atoms with Crippen molar-refractivity contribution in [1.82, 2.24) is 0 Å². The summed E-state index contributed by atoms with van der Waals surface area (Å²) in [7, 11) is 0. The predicted molar refractivity (Wildman–Crippen MR) is 54.8 cm³/mol. The van der Waals surface area contributed by atoms with Crippen LogP contribution in [-0.4, -0.2) is 42.8 Å². The van der Waals surface area contributed by atoms with Gasteiger partial charge in [0.2, 0.25) is 0 Å².